The molecule has 2 N–H and O–H groups in total. The zero-order valence-corrected chi connectivity index (χ0v) is 13.2. The topological polar surface area (TPSA) is 58.2 Å². The molecule has 114 valence electrons. The van der Waals surface area contributed by atoms with Crippen LogP contribution in [0.2, 0.25) is 5.02 Å². The van der Waals surface area contributed by atoms with Crippen LogP contribution < -0.4 is 10.6 Å². The minimum absolute atomic E-state index is 0.0611. The van der Waals surface area contributed by atoms with Crippen molar-refractivity contribution in [2.24, 2.45) is 0 Å². The van der Waals surface area contributed by atoms with Crippen LogP contribution in [0.15, 0.2) is 42.5 Å². The molecule has 0 aliphatic carbocycles. The Labute approximate surface area is 134 Å². The molecule has 2 rings (SSSR count). The monoisotopic (exact) mass is 316 g/mol. The van der Waals surface area contributed by atoms with Crippen molar-refractivity contribution in [2.75, 3.05) is 10.6 Å². The molecule has 0 aliphatic heterocycles. The third-order valence-electron chi connectivity index (χ3n) is 3.19. The van der Waals surface area contributed by atoms with Gasteiger partial charge in [0.2, 0.25) is 5.91 Å². The number of halogens is 1. The van der Waals surface area contributed by atoms with E-state index >= 15 is 0 Å². The highest BCUT2D eigenvalue weighted by Gasteiger charge is 2.08. The van der Waals surface area contributed by atoms with Gasteiger partial charge in [0.05, 0.1) is 0 Å². The summed E-state index contributed by atoms with van der Waals surface area (Å²) in [5, 5.41) is 6.21. The summed E-state index contributed by atoms with van der Waals surface area (Å²) in [5.41, 5.74) is 2.81. The van der Waals surface area contributed by atoms with Crippen LogP contribution in [0.25, 0.3) is 0 Å². The fraction of sp³-hybridized carbons (Fsp3) is 0.176. The molecule has 0 radical (unpaired) electrons. The summed E-state index contributed by atoms with van der Waals surface area (Å²) < 4.78 is 0. The van der Waals surface area contributed by atoms with Gasteiger partial charge in [0.1, 0.15) is 0 Å². The van der Waals surface area contributed by atoms with E-state index in [2.05, 4.69) is 10.6 Å². The van der Waals surface area contributed by atoms with Gasteiger partial charge in [-0.15, -0.1) is 0 Å². The maximum Gasteiger partial charge on any atom is 0.255 e. The van der Waals surface area contributed by atoms with E-state index in [0.717, 1.165) is 11.3 Å². The molecule has 22 heavy (non-hydrogen) atoms. The van der Waals surface area contributed by atoms with Gasteiger partial charge < -0.3 is 10.6 Å². The molecule has 0 heterocycles. The molecule has 0 atom stereocenters. The average molecular weight is 317 g/mol. The van der Waals surface area contributed by atoms with Crippen molar-refractivity contribution in [3.63, 3.8) is 0 Å². The number of hydrogen-bond donors (Lipinski definition) is 2. The zero-order chi connectivity index (χ0) is 16.1. The first kappa shape index (κ1) is 16.0. The van der Waals surface area contributed by atoms with Gasteiger partial charge in [0.15, 0.2) is 0 Å². The van der Waals surface area contributed by atoms with E-state index < -0.39 is 0 Å². The number of rotatable bonds is 4. The molecule has 0 spiro atoms. The van der Waals surface area contributed by atoms with E-state index in [9.17, 15) is 9.59 Å². The minimum atomic E-state index is -0.209. The van der Waals surface area contributed by atoms with Gasteiger partial charge in [0.25, 0.3) is 5.91 Å². The van der Waals surface area contributed by atoms with E-state index in [1.165, 1.54) is 0 Å². The molecule has 2 aromatic carbocycles. The van der Waals surface area contributed by atoms with Crippen LogP contribution in [0.5, 0.6) is 0 Å². The molecule has 4 nitrogen and oxygen atoms in total. The second kappa shape index (κ2) is 7.09. The maximum absolute atomic E-state index is 12.2. The third-order valence-corrected chi connectivity index (χ3v) is 3.42. The Morgan fingerprint density at radius 3 is 2.32 bits per heavy atom. The van der Waals surface area contributed by atoms with E-state index in [-0.39, 0.29) is 11.8 Å². The zero-order valence-electron chi connectivity index (χ0n) is 12.4. The first-order valence-corrected chi connectivity index (χ1v) is 7.35. The maximum atomic E-state index is 12.2. The Hall–Kier alpha value is -2.33. The van der Waals surface area contributed by atoms with Gasteiger partial charge >= 0.3 is 0 Å². The summed E-state index contributed by atoms with van der Waals surface area (Å²) in [5.74, 6) is -0.271. The number of hydrogen-bond acceptors (Lipinski definition) is 2. The normalized spacial score (nSPS) is 10.1. The highest BCUT2D eigenvalue weighted by Crippen LogP contribution is 2.20. The second-order valence-electron chi connectivity index (χ2n) is 4.89. The fourth-order valence-electron chi connectivity index (χ4n) is 1.92. The van der Waals surface area contributed by atoms with E-state index in [0.29, 0.717) is 22.7 Å². The smallest absolute Gasteiger partial charge is 0.255 e. The van der Waals surface area contributed by atoms with E-state index in [1.54, 1.807) is 49.4 Å². The number of benzene rings is 2. The van der Waals surface area contributed by atoms with Crippen molar-refractivity contribution < 1.29 is 9.59 Å². The molecule has 2 aromatic rings. The highest BCUT2D eigenvalue weighted by molar-refractivity contribution is 6.30. The molecule has 2 amide bonds. The summed E-state index contributed by atoms with van der Waals surface area (Å²) in [6.07, 6.45) is 0.415. The fourth-order valence-corrected chi connectivity index (χ4v) is 2.14. The van der Waals surface area contributed by atoms with Crippen LogP contribution >= 0.6 is 11.6 Å². The van der Waals surface area contributed by atoms with Gasteiger partial charge in [-0.05, 0) is 55.0 Å². The van der Waals surface area contributed by atoms with Crippen LogP contribution in [0.4, 0.5) is 11.4 Å². The molecule has 0 saturated carbocycles. The van der Waals surface area contributed by atoms with Crippen LogP contribution in [0.3, 0.4) is 0 Å². The molecule has 0 bridgehead atoms. The summed E-state index contributed by atoms with van der Waals surface area (Å²) in [4.78, 5) is 23.5. The lowest BCUT2D eigenvalue weighted by atomic mass is 10.1. The Morgan fingerprint density at radius 1 is 1.05 bits per heavy atom. The largest absolute Gasteiger partial charge is 0.326 e. The molecule has 0 aliphatic rings. The summed E-state index contributed by atoms with van der Waals surface area (Å²) in [6, 6.07) is 12.0. The molecular formula is C17H17ClN2O2. The molecule has 0 saturated heterocycles. The number of carbonyl (C=O) groups excluding carboxylic acids is 2. The van der Waals surface area contributed by atoms with Gasteiger partial charge in [0, 0.05) is 28.4 Å². The molecule has 5 heteroatoms. The lowest BCUT2D eigenvalue weighted by Crippen LogP contribution is -2.13. The van der Waals surface area contributed by atoms with Crippen LogP contribution in [-0.4, -0.2) is 11.8 Å². The standard InChI is InChI=1S/C17H17ClN2O2/c1-3-16(21)19-14-7-4-12(5-8-14)17(22)20-15-9-6-13(18)10-11(15)2/h4-10H,3H2,1-2H3,(H,19,21)(H,20,22). The van der Waals surface area contributed by atoms with Crippen molar-refractivity contribution in [3.05, 3.63) is 58.6 Å². The SMILES string of the molecule is CCC(=O)Nc1ccc(C(=O)Nc2ccc(Cl)cc2C)cc1. The number of anilines is 2. The van der Waals surface area contributed by atoms with Crippen LogP contribution in [0, 0.1) is 6.92 Å². The quantitative estimate of drug-likeness (QED) is 0.886. The number of carbonyl (C=O) groups is 2. The predicted octanol–water partition coefficient (Wildman–Crippen LogP) is 4.25. The van der Waals surface area contributed by atoms with Gasteiger partial charge in [-0.25, -0.2) is 0 Å². The van der Waals surface area contributed by atoms with E-state index in [4.69, 9.17) is 11.6 Å². The third kappa shape index (κ3) is 4.09. The Balaban J connectivity index is 2.08. The van der Waals surface area contributed by atoms with E-state index in [1.807, 2.05) is 6.92 Å². The van der Waals surface area contributed by atoms with Gasteiger partial charge in [-0.2, -0.15) is 0 Å². The Kier molecular flexibility index (Phi) is 5.17. The molecule has 0 aromatic heterocycles. The predicted molar refractivity (Wildman–Crippen MR) is 89.5 cm³/mol. The van der Waals surface area contributed by atoms with Crippen LogP contribution in [0.1, 0.15) is 29.3 Å². The minimum Gasteiger partial charge on any atom is -0.326 e. The average Bonchev–Trinajstić information content (AvgIpc) is 2.50. The Bertz CT molecular complexity index is 696. The van der Waals surface area contributed by atoms with Crippen molar-refractivity contribution in [3.8, 4) is 0 Å². The van der Waals surface area contributed by atoms with Crippen LogP contribution in [-0.2, 0) is 4.79 Å². The number of amides is 2. The summed E-state index contributed by atoms with van der Waals surface area (Å²) >= 11 is 5.89. The lowest BCUT2D eigenvalue weighted by Gasteiger charge is -2.09. The lowest BCUT2D eigenvalue weighted by molar-refractivity contribution is -0.115. The molecule has 0 fully saturated rings. The summed E-state index contributed by atoms with van der Waals surface area (Å²) in [6.45, 7) is 3.66. The first-order chi connectivity index (χ1) is 10.5. The van der Waals surface area contributed by atoms with Gasteiger partial charge in [-0.1, -0.05) is 18.5 Å². The highest BCUT2D eigenvalue weighted by atomic mass is 35.5. The second-order valence-corrected chi connectivity index (χ2v) is 5.33. The molecule has 0 unspecified atom stereocenters. The first-order valence-electron chi connectivity index (χ1n) is 6.97. The van der Waals surface area contributed by atoms with Crippen molar-refractivity contribution in [1.29, 1.82) is 0 Å². The van der Waals surface area contributed by atoms with Crippen molar-refractivity contribution in [2.45, 2.75) is 20.3 Å². The number of aryl methyl sites for hydroxylation is 1. The molecular weight excluding hydrogens is 300 g/mol. The van der Waals surface area contributed by atoms with Crippen molar-refractivity contribution >= 4 is 34.8 Å². The number of nitrogens with one attached hydrogen (secondary N) is 2. The Morgan fingerprint density at radius 2 is 1.73 bits per heavy atom. The van der Waals surface area contributed by atoms with Crippen molar-refractivity contribution in [1.82, 2.24) is 0 Å². The van der Waals surface area contributed by atoms with Gasteiger partial charge in [-0.3, -0.25) is 9.59 Å². The summed E-state index contributed by atoms with van der Waals surface area (Å²) in [7, 11) is 0.